The van der Waals surface area contributed by atoms with Gasteiger partial charge in [-0.3, -0.25) is 4.98 Å². The summed E-state index contributed by atoms with van der Waals surface area (Å²) in [5.41, 5.74) is 3.26. The maximum absolute atomic E-state index is 5.40. The van der Waals surface area contributed by atoms with E-state index in [2.05, 4.69) is 25.2 Å². The second-order valence-corrected chi connectivity index (χ2v) is 6.38. The Morgan fingerprint density at radius 2 is 1.85 bits per heavy atom. The molecule has 1 aromatic carbocycles. The summed E-state index contributed by atoms with van der Waals surface area (Å²) in [6, 6.07) is 14.0. The van der Waals surface area contributed by atoms with Crippen LogP contribution in [0.3, 0.4) is 0 Å². The van der Waals surface area contributed by atoms with Crippen molar-refractivity contribution in [3.63, 3.8) is 0 Å². The molecule has 27 heavy (non-hydrogen) atoms. The first-order chi connectivity index (χ1) is 13.2. The van der Waals surface area contributed by atoms with Crippen LogP contribution in [0.5, 0.6) is 5.75 Å². The summed E-state index contributed by atoms with van der Waals surface area (Å²) < 4.78 is 5.40. The van der Waals surface area contributed by atoms with Crippen molar-refractivity contribution in [3.8, 4) is 5.75 Å². The smallest absolute Gasteiger partial charge is 0.225 e. The van der Waals surface area contributed by atoms with Crippen molar-refractivity contribution in [1.82, 2.24) is 15.0 Å². The Balaban J connectivity index is 1.66. The highest BCUT2D eigenvalue weighted by atomic mass is 16.5. The van der Waals surface area contributed by atoms with E-state index in [1.165, 1.54) is 5.56 Å². The van der Waals surface area contributed by atoms with Crippen LogP contribution < -0.4 is 15.0 Å². The van der Waals surface area contributed by atoms with E-state index in [9.17, 15) is 0 Å². The Hall–Kier alpha value is -3.15. The third-order valence-electron chi connectivity index (χ3n) is 4.35. The minimum absolute atomic E-state index is 0.605. The number of pyridine rings is 1. The van der Waals surface area contributed by atoms with Gasteiger partial charge in [-0.2, -0.15) is 4.98 Å². The quantitative estimate of drug-likeness (QED) is 0.661. The van der Waals surface area contributed by atoms with Crippen molar-refractivity contribution in [3.05, 3.63) is 71.7 Å². The predicted molar refractivity (Wildman–Crippen MR) is 108 cm³/mol. The molecule has 2 aromatic heterocycles. The van der Waals surface area contributed by atoms with Gasteiger partial charge in [-0.15, -0.1) is 0 Å². The summed E-state index contributed by atoms with van der Waals surface area (Å²) >= 11 is 0. The number of aromatic nitrogens is 3. The summed E-state index contributed by atoms with van der Waals surface area (Å²) in [6.45, 7) is 3.45. The molecule has 0 aliphatic carbocycles. The van der Waals surface area contributed by atoms with Crippen molar-refractivity contribution in [2.75, 3.05) is 30.9 Å². The number of methoxy groups -OCH3 is 1. The van der Waals surface area contributed by atoms with Gasteiger partial charge in [-0.25, -0.2) is 4.98 Å². The maximum Gasteiger partial charge on any atom is 0.225 e. The van der Waals surface area contributed by atoms with Gasteiger partial charge in [0.25, 0.3) is 0 Å². The number of rotatable bonds is 8. The van der Waals surface area contributed by atoms with Gasteiger partial charge in [0, 0.05) is 49.9 Å². The van der Waals surface area contributed by atoms with Gasteiger partial charge in [0.2, 0.25) is 5.95 Å². The molecule has 0 aliphatic rings. The molecular formula is C21H25N5O. The average Bonchev–Trinajstić information content (AvgIpc) is 2.71. The molecule has 0 spiro atoms. The molecule has 0 saturated heterocycles. The SMILES string of the molecule is COc1ccccc1CNc1nc(C)cc(N(C)CCc2ccncc2)n1. The van der Waals surface area contributed by atoms with E-state index in [1.54, 1.807) is 7.11 Å². The number of para-hydroxylation sites is 1. The second-order valence-electron chi connectivity index (χ2n) is 6.38. The average molecular weight is 363 g/mol. The molecule has 0 aliphatic heterocycles. The fourth-order valence-corrected chi connectivity index (χ4v) is 2.81. The third kappa shape index (κ3) is 5.17. The molecule has 0 radical (unpaired) electrons. The van der Waals surface area contributed by atoms with Crippen LogP contribution in [0.4, 0.5) is 11.8 Å². The summed E-state index contributed by atoms with van der Waals surface area (Å²) in [5.74, 6) is 2.37. The van der Waals surface area contributed by atoms with Crippen LogP contribution in [0.2, 0.25) is 0 Å². The van der Waals surface area contributed by atoms with Crippen molar-refractivity contribution in [2.45, 2.75) is 19.9 Å². The minimum Gasteiger partial charge on any atom is -0.496 e. The van der Waals surface area contributed by atoms with E-state index in [1.807, 2.05) is 68.8 Å². The normalized spacial score (nSPS) is 10.5. The first kappa shape index (κ1) is 18.6. The van der Waals surface area contributed by atoms with Crippen LogP contribution in [0.1, 0.15) is 16.8 Å². The lowest BCUT2D eigenvalue weighted by Crippen LogP contribution is -2.22. The lowest BCUT2D eigenvalue weighted by molar-refractivity contribution is 0.410. The van der Waals surface area contributed by atoms with Gasteiger partial charge in [0.1, 0.15) is 11.6 Å². The van der Waals surface area contributed by atoms with E-state index in [-0.39, 0.29) is 0 Å². The number of likely N-dealkylation sites (N-methyl/N-ethyl adjacent to an activating group) is 1. The summed E-state index contributed by atoms with van der Waals surface area (Å²) in [4.78, 5) is 15.4. The van der Waals surface area contributed by atoms with Crippen LogP contribution in [-0.2, 0) is 13.0 Å². The highest BCUT2D eigenvalue weighted by Gasteiger charge is 2.08. The second kappa shape index (κ2) is 8.98. The molecule has 0 saturated carbocycles. The summed E-state index contributed by atoms with van der Waals surface area (Å²) in [5, 5.41) is 3.31. The van der Waals surface area contributed by atoms with Crippen LogP contribution >= 0.6 is 0 Å². The van der Waals surface area contributed by atoms with Gasteiger partial charge in [-0.1, -0.05) is 18.2 Å². The largest absolute Gasteiger partial charge is 0.496 e. The van der Waals surface area contributed by atoms with E-state index in [0.29, 0.717) is 12.5 Å². The Bertz CT molecular complexity index is 869. The molecule has 1 N–H and O–H groups in total. The number of nitrogens with zero attached hydrogens (tertiary/aromatic N) is 4. The summed E-state index contributed by atoms with van der Waals surface area (Å²) in [6.07, 6.45) is 4.58. The van der Waals surface area contributed by atoms with Crippen LogP contribution in [0, 0.1) is 6.92 Å². The number of anilines is 2. The molecule has 3 aromatic rings. The molecule has 0 bridgehead atoms. The molecule has 3 rings (SSSR count). The molecule has 6 nitrogen and oxygen atoms in total. The number of hydrogen-bond acceptors (Lipinski definition) is 6. The molecule has 2 heterocycles. The Morgan fingerprint density at radius 1 is 1.07 bits per heavy atom. The Kier molecular flexibility index (Phi) is 6.20. The van der Waals surface area contributed by atoms with Crippen molar-refractivity contribution >= 4 is 11.8 Å². The molecule has 6 heteroatoms. The lowest BCUT2D eigenvalue weighted by Gasteiger charge is -2.19. The van der Waals surface area contributed by atoms with E-state index >= 15 is 0 Å². The van der Waals surface area contributed by atoms with Crippen molar-refractivity contribution in [2.24, 2.45) is 0 Å². The number of nitrogens with one attached hydrogen (secondary N) is 1. The topological polar surface area (TPSA) is 63.2 Å². The van der Waals surface area contributed by atoms with E-state index < -0.39 is 0 Å². The lowest BCUT2D eigenvalue weighted by atomic mass is 10.2. The molecule has 0 atom stereocenters. The zero-order valence-corrected chi connectivity index (χ0v) is 16.0. The number of ether oxygens (including phenoxy) is 1. The van der Waals surface area contributed by atoms with Crippen LogP contribution in [-0.4, -0.2) is 35.7 Å². The first-order valence-electron chi connectivity index (χ1n) is 8.97. The third-order valence-corrected chi connectivity index (χ3v) is 4.35. The van der Waals surface area contributed by atoms with Crippen LogP contribution in [0.15, 0.2) is 54.9 Å². The van der Waals surface area contributed by atoms with Gasteiger partial charge in [-0.05, 0) is 37.1 Å². The number of aryl methyl sites for hydroxylation is 1. The van der Waals surface area contributed by atoms with Gasteiger partial charge in [0.05, 0.1) is 7.11 Å². The van der Waals surface area contributed by atoms with Gasteiger partial charge >= 0.3 is 0 Å². The zero-order chi connectivity index (χ0) is 19.1. The Labute approximate surface area is 160 Å². The number of benzene rings is 1. The minimum atomic E-state index is 0.605. The highest BCUT2D eigenvalue weighted by molar-refractivity contribution is 5.45. The highest BCUT2D eigenvalue weighted by Crippen LogP contribution is 2.19. The fraction of sp³-hybridized carbons (Fsp3) is 0.286. The van der Waals surface area contributed by atoms with Crippen molar-refractivity contribution in [1.29, 1.82) is 0 Å². The molecule has 0 amide bonds. The van der Waals surface area contributed by atoms with Crippen molar-refractivity contribution < 1.29 is 4.74 Å². The first-order valence-corrected chi connectivity index (χ1v) is 8.97. The van der Waals surface area contributed by atoms with Gasteiger partial charge < -0.3 is 15.0 Å². The van der Waals surface area contributed by atoms with E-state index in [0.717, 1.165) is 35.8 Å². The number of hydrogen-bond donors (Lipinski definition) is 1. The fourth-order valence-electron chi connectivity index (χ4n) is 2.81. The maximum atomic E-state index is 5.40. The monoisotopic (exact) mass is 363 g/mol. The molecule has 140 valence electrons. The predicted octanol–water partition coefficient (Wildman–Crippen LogP) is 3.48. The molecular weight excluding hydrogens is 338 g/mol. The zero-order valence-electron chi connectivity index (χ0n) is 16.0. The standard InChI is InChI=1S/C21H25N5O/c1-16-14-20(26(2)13-10-17-8-11-22-12-9-17)25-21(24-16)23-15-18-6-4-5-7-19(18)27-3/h4-9,11-12,14H,10,13,15H2,1-3H3,(H,23,24,25). The van der Waals surface area contributed by atoms with Crippen LogP contribution in [0.25, 0.3) is 0 Å². The van der Waals surface area contributed by atoms with E-state index in [4.69, 9.17) is 4.74 Å². The van der Waals surface area contributed by atoms with Gasteiger partial charge in [0.15, 0.2) is 0 Å². The summed E-state index contributed by atoms with van der Waals surface area (Å²) in [7, 11) is 3.73. The Morgan fingerprint density at radius 3 is 2.63 bits per heavy atom. The molecule has 0 unspecified atom stereocenters. The molecule has 0 fully saturated rings.